The van der Waals surface area contributed by atoms with Gasteiger partial charge in [-0.2, -0.15) is 13.2 Å². The summed E-state index contributed by atoms with van der Waals surface area (Å²) in [4.78, 5) is 8.80. The second-order valence-electron chi connectivity index (χ2n) is 7.20. The van der Waals surface area contributed by atoms with Crippen LogP contribution in [0, 0.1) is 0 Å². The largest absolute Gasteiger partial charge is 0.484 e. The first-order valence-corrected chi connectivity index (χ1v) is 9.63. The number of aromatic nitrogens is 1. The minimum atomic E-state index is -4.34. The summed E-state index contributed by atoms with van der Waals surface area (Å²) in [6.07, 6.45) is -4.34. The Morgan fingerprint density at radius 1 is 1.11 bits per heavy atom. The van der Waals surface area contributed by atoms with E-state index in [0.29, 0.717) is 19.0 Å². The van der Waals surface area contributed by atoms with Crippen molar-refractivity contribution in [2.75, 3.05) is 13.7 Å². The highest BCUT2D eigenvalue weighted by molar-refractivity contribution is 7.09. The molecule has 0 radical (unpaired) electrons. The van der Waals surface area contributed by atoms with Gasteiger partial charge in [-0.3, -0.25) is 4.99 Å². The molecule has 2 rings (SSSR count). The quantitative estimate of drug-likeness (QED) is 0.548. The van der Waals surface area contributed by atoms with Crippen molar-refractivity contribution >= 4 is 17.3 Å². The van der Waals surface area contributed by atoms with Crippen molar-refractivity contribution < 1.29 is 17.9 Å². The fourth-order valence-corrected chi connectivity index (χ4v) is 3.13. The molecule has 0 aliphatic rings. The lowest BCUT2D eigenvalue weighted by atomic mass is 9.93. The zero-order valence-corrected chi connectivity index (χ0v) is 17.2. The van der Waals surface area contributed by atoms with Crippen LogP contribution in [0.1, 0.15) is 37.0 Å². The minimum absolute atomic E-state index is 0.0185. The van der Waals surface area contributed by atoms with Crippen molar-refractivity contribution in [3.63, 3.8) is 0 Å². The summed E-state index contributed by atoms with van der Waals surface area (Å²) in [7, 11) is 1.67. The molecule has 1 aromatic carbocycles. The van der Waals surface area contributed by atoms with E-state index in [2.05, 4.69) is 46.8 Å². The third-order valence-corrected chi connectivity index (χ3v) is 4.59. The summed E-state index contributed by atoms with van der Waals surface area (Å²) in [6, 6.07) is 6.45. The minimum Gasteiger partial charge on any atom is -0.484 e. The molecule has 0 atom stereocenters. The standard InChI is InChI=1S/C19H25F3N4OS/c1-18(2,3)15-11-28-16(26-15)10-25-17(23-4)24-9-13-5-7-14(8-6-13)27-12-19(20,21)22/h5-8,11H,9-10,12H2,1-4H3,(H2,23,24,25). The van der Waals surface area contributed by atoms with Crippen LogP contribution in [-0.2, 0) is 18.5 Å². The van der Waals surface area contributed by atoms with Gasteiger partial charge in [0.15, 0.2) is 12.6 Å². The Labute approximate surface area is 167 Å². The Kier molecular flexibility index (Phi) is 7.29. The Bertz CT molecular complexity index is 780. The van der Waals surface area contributed by atoms with Crippen molar-refractivity contribution in [1.82, 2.24) is 15.6 Å². The molecule has 9 heteroatoms. The van der Waals surface area contributed by atoms with Gasteiger partial charge in [0.25, 0.3) is 0 Å². The van der Waals surface area contributed by atoms with E-state index in [1.807, 2.05) is 0 Å². The third-order valence-electron chi connectivity index (χ3n) is 3.74. The van der Waals surface area contributed by atoms with Gasteiger partial charge in [-0.1, -0.05) is 32.9 Å². The molecule has 0 saturated carbocycles. The second-order valence-corrected chi connectivity index (χ2v) is 8.15. The average molecular weight is 414 g/mol. The number of guanidine groups is 1. The Morgan fingerprint density at radius 2 is 1.75 bits per heavy atom. The van der Waals surface area contributed by atoms with Crippen LogP contribution in [0.15, 0.2) is 34.6 Å². The predicted molar refractivity (Wildman–Crippen MR) is 106 cm³/mol. The van der Waals surface area contributed by atoms with E-state index < -0.39 is 12.8 Å². The zero-order valence-electron chi connectivity index (χ0n) is 16.4. The first-order chi connectivity index (χ1) is 13.1. The van der Waals surface area contributed by atoms with Gasteiger partial charge in [0, 0.05) is 24.4 Å². The number of hydrogen-bond acceptors (Lipinski definition) is 4. The summed E-state index contributed by atoms with van der Waals surface area (Å²) >= 11 is 1.60. The van der Waals surface area contributed by atoms with E-state index in [1.54, 1.807) is 30.5 Å². The second kappa shape index (κ2) is 9.27. The molecule has 2 aromatic rings. The molecule has 1 heterocycles. The number of nitrogens with zero attached hydrogens (tertiary/aromatic N) is 2. The van der Waals surface area contributed by atoms with Crippen LogP contribution in [0.25, 0.3) is 0 Å². The molecule has 0 aliphatic carbocycles. The molecule has 0 saturated heterocycles. The van der Waals surface area contributed by atoms with Crippen LogP contribution in [0.5, 0.6) is 5.75 Å². The van der Waals surface area contributed by atoms with Crippen molar-refractivity contribution in [2.24, 2.45) is 4.99 Å². The highest BCUT2D eigenvalue weighted by Gasteiger charge is 2.28. The predicted octanol–water partition coefficient (Wildman–Crippen LogP) is 4.25. The van der Waals surface area contributed by atoms with Gasteiger partial charge < -0.3 is 15.4 Å². The number of hydrogen-bond donors (Lipinski definition) is 2. The van der Waals surface area contributed by atoms with E-state index in [4.69, 9.17) is 4.74 Å². The summed E-state index contributed by atoms with van der Waals surface area (Å²) in [5.74, 6) is 0.798. The lowest BCUT2D eigenvalue weighted by Gasteiger charge is -2.14. The van der Waals surface area contributed by atoms with E-state index >= 15 is 0 Å². The van der Waals surface area contributed by atoms with Crippen molar-refractivity contribution in [3.05, 3.63) is 45.9 Å². The highest BCUT2D eigenvalue weighted by atomic mass is 32.1. The SMILES string of the molecule is CN=C(NCc1ccc(OCC(F)(F)F)cc1)NCc1nc(C(C)(C)C)cs1. The van der Waals surface area contributed by atoms with Crippen LogP contribution in [0.4, 0.5) is 13.2 Å². The lowest BCUT2D eigenvalue weighted by molar-refractivity contribution is -0.153. The van der Waals surface area contributed by atoms with Crippen molar-refractivity contribution in [2.45, 2.75) is 45.5 Å². The monoisotopic (exact) mass is 414 g/mol. The normalized spacial score (nSPS) is 12.8. The fraction of sp³-hybridized carbons (Fsp3) is 0.474. The van der Waals surface area contributed by atoms with Crippen LogP contribution < -0.4 is 15.4 Å². The Morgan fingerprint density at radius 3 is 2.29 bits per heavy atom. The number of thiazole rings is 1. The number of benzene rings is 1. The van der Waals surface area contributed by atoms with Crippen LogP contribution in [0.3, 0.4) is 0 Å². The molecule has 0 unspecified atom stereocenters. The summed E-state index contributed by atoms with van der Waals surface area (Å²) in [5.41, 5.74) is 1.97. The van der Waals surface area contributed by atoms with Crippen LogP contribution in [-0.4, -0.2) is 30.8 Å². The maximum atomic E-state index is 12.2. The lowest BCUT2D eigenvalue weighted by Crippen LogP contribution is -2.36. The number of alkyl halides is 3. The summed E-state index contributed by atoms with van der Waals surface area (Å²) < 4.78 is 41.2. The fourth-order valence-electron chi connectivity index (χ4n) is 2.17. The molecule has 0 spiro atoms. The van der Waals surface area contributed by atoms with Crippen molar-refractivity contribution in [3.8, 4) is 5.75 Å². The topological polar surface area (TPSA) is 58.5 Å². The first-order valence-electron chi connectivity index (χ1n) is 8.75. The number of ether oxygens (including phenoxy) is 1. The van der Waals surface area contributed by atoms with Gasteiger partial charge in [-0.05, 0) is 17.7 Å². The number of rotatable bonds is 6. The van der Waals surface area contributed by atoms with Gasteiger partial charge >= 0.3 is 6.18 Å². The summed E-state index contributed by atoms with van der Waals surface area (Å²) in [6.45, 7) is 6.11. The highest BCUT2D eigenvalue weighted by Crippen LogP contribution is 2.23. The van der Waals surface area contributed by atoms with Gasteiger partial charge in [-0.15, -0.1) is 11.3 Å². The number of halogens is 3. The van der Waals surface area contributed by atoms with E-state index in [-0.39, 0.29) is 11.2 Å². The molecule has 0 bridgehead atoms. The van der Waals surface area contributed by atoms with Gasteiger partial charge in [0.05, 0.1) is 12.2 Å². The molecule has 5 nitrogen and oxygen atoms in total. The summed E-state index contributed by atoms with van der Waals surface area (Å²) in [5, 5.41) is 9.41. The Hall–Kier alpha value is -2.29. The smallest absolute Gasteiger partial charge is 0.422 e. The maximum Gasteiger partial charge on any atom is 0.422 e. The molecule has 2 N–H and O–H groups in total. The molecule has 1 aromatic heterocycles. The third kappa shape index (κ3) is 7.38. The van der Waals surface area contributed by atoms with E-state index in [1.165, 1.54) is 12.1 Å². The zero-order chi connectivity index (χ0) is 20.8. The van der Waals surface area contributed by atoms with E-state index in [9.17, 15) is 13.2 Å². The molecule has 154 valence electrons. The van der Waals surface area contributed by atoms with Crippen LogP contribution >= 0.6 is 11.3 Å². The molecular weight excluding hydrogens is 389 g/mol. The molecule has 0 amide bonds. The number of nitrogens with one attached hydrogen (secondary N) is 2. The average Bonchev–Trinajstić information content (AvgIpc) is 3.10. The Balaban J connectivity index is 1.81. The van der Waals surface area contributed by atoms with Gasteiger partial charge in [-0.25, -0.2) is 4.98 Å². The molecule has 0 fully saturated rings. The number of aliphatic imine (C=N–C) groups is 1. The van der Waals surface area contributed by atoms with E-state index in [0.717, 1.165) is 16.3 Å². The van der Waals surface area contributed by atoms with Gasteiger partial charge in [0.2, 0.25) is 0 Å². The molecule has 28 heavy (non-hydrogen) atoms. The van der Waals surface area contributed by atoms with Crippen molar-refractivity contribution in [1.29, 1.82) is 0 Å². The molecular formula is C19H25F3N4OS. The first kappa shape index (κ1) is 22.0. The van der Waals surface area contributed by atoms with Crippen LogP contribution in [0.2, 0.25) is 0 Å². The van der Waals surface area contributed by atoms with Gasteiger partial charge in [0.1, 0.15) is 10.8 Å². The maximum absolute atomic E-state index is 12.2. The molecule has 0 aliphatic heterocycles.